The van der Waals surface area contributed by atoms with Crippen molar-refractivity contribution in [2.24, 2.45) is 0 Å². The minimum atomic E-state index is -3.45. The number of nitrogens with one attached hydrogen (secondary N) is 1. The topological polar surface area (TPSA) is 157 Å². The van der Waals surface area contributed by atoms with Crippen molar-refractivity contribution in [3.63, 3.8) is 0 Å². The Morgan fingerprint density at radius 3 is 2.54 bits per heavy atom. The molecule has 7 N–H and O–H groups in total. The van der Waals surface area contributed by atoms with E-state index in [2.05, 4.69) is 10.3 Å². The van der Waals surface area contributed by atoms with E-state index in [9.17, 15) is 8.42 Å². The van der Waals surface area contributed by atoms with E-state index in [1.54, 1.807) is 34.9 Å². The van der Waals surface area contributed by atoms with Crippen LogP contribution in [0.4, 0.5) is 0 Å². The molecule has 1 fully saturated rings. The van der Waals surface area contributed by atoms with Gasteiger partial charge in [0.05, 0.1) is 4.90 Å². The van der Waals surface area contributed by atoms with Gasteiger partial charge in [0.15, 0.2) is 0 Å². The van der Waals surface area contributed by atoms with E-state index in [1.807, 2.05) is 6.07 Å². The van der Waals surface area contributed by atoms with Crippen molar-refractivity contribution in [2.45, 2.75) is 11.3 Å². The first kappa shape index (κ1) is 24.9. The lowest BCUT2D eigenvalue weighted by atomic mass is 10.2. The second kappa shape index (κ2) is 10.5. The molecular formula is C14H24ClN3O5S. The average molecular weight is 382 g/mol. The van der Waals surface area contributed by atoms with Crippen LogP contribution in [-0.2, 0) is 10.0 Å². The van der Waals surface area contributed by atoms with Crippen LogP contribution in [0.25, 0.3) is 10.8 Å². The molecule has 1 saturated heterocycles. The number of halogens is 1. The zero-order valence-electron chi connectivity index (χ0n) is 13.0. The monoisotopic (exact) mass is 381 g/mol. The summed E-state index contributed by atoms with van der Waals surface area (Å²) in [6.07, 6.45) is 4.16. The van der Waals surface area contributed by atoms with E-state index in [0.717, 1.165) is 23.7 Å². The van der Waals surface area contributed by atoms with E-state index in [4.69, 9.17) is 0 Å². The van der Waals surface area contributed by atoms with Crippen LogP contribution in [-0.4, -0.2) is 60.3 Å². The zero-order valence-corrected chi connectivity index (χ0v) is 14.7. The van der Waals surface area contributed by atoms with E-state index in [1.165, 1.54) is 0 Å². The summed E-state index contributed by atoms with van der Waals surface area (Å²) in [5, 5.41) is 4.81. The van der Waals surface area contributed by atoms with Gasteiger partial charge in [0.1, 0.15) is 0 Å². The molecule has 1 aromatic heterocycles. The number of sulfonamides is 1. The fourth-order valence-electron chi connectivity index (χ4n) is 2.52. The molecule has 0 amide bonds. The van der Waals surface area contributed by atoms with Gasteiger partial charge in [-0.15, -0.1) is 12.4 Å². The van der Waals surface area contributed by atoms with E-state index < -0.39 is 10.0 Å². The molecular weight excluding hydrogens is 358 g/mol. The summed E-state index contributed by atoms with van der Waals surface area (Å²) in [7, 11) is -3.45. The molecule has 0 radical (unpaired) electrons. The lowest BCUT2D eigenvalue weighted by Gasteiger charge is -2.20. The van der Waals surface area contributed by atoms with Crippen LogP contribution in [0.3, 0.4) is 0 Å². The highest BCUT2D eigenvalue weighted by Gasteiger charge is 2.26. The second-order valence-corrected chi connectivity index (χ2v) is 6.77. The van der Waals surface area contributed by atoms with Crippen molar-refractivity contribution in [3.05, 3.63) is 36.7 Å². The summed E-state index contributed by atoms with van der Waals surface area (Å²) in [5.74, 6) is 0. The number of nitrogens with zero attached hydrogens (tertiary/aromatic N) is 2. The third-order valence-corrected chi connectivity index (χ3v) is 5.51. The average Bonchev–Trinajstić information content (AvgIpc) is 2.76. The van der Waals surface area contributed by atoms with Gasteiger partial charge in [-0.25, -0.2) is 8.42 Å². The van der Waals surface area contributed by atoms with Crippen molar-refractivity contribution in [3.8, 4) is 0 Å². The fourth-order valence-corrected chi connectivity index (χ4v) is 4.21. The van der Waals surface area contributed by atoms with Crippen LogP contribution in [0, 0.1) is 0 Å². The molecule has 2 heterocycles. The van der Waals surface area contributed by atoms with Gasteiger partial charge in [-0.2, -0.15) is 4.31 Å². The first-order chi connectivity index (χ1) is 9.69. The van der Waals surface area contributed by atoms with Crippen LogP contribution in [0.2, 0.25) is 0 Å². The van der Waals surface area contributed by atoms with E-state index >= 15 is 0 Å². The lowest BCUT2D eigenvalue weighted by molar-refractivity contribution is 0.432. The number of fused-ring (bicyclic) bond motifs is 1. The van der Waals surface area contributed by atoms with Crippen molar-refractivity contribution in [1.29, 1.82) is 0 Å². The molecule has 2 aromatic rings. The highest BCUT2D eigenvalue weighted by Crippen LogP contribution is 2.25. The molecule has 0 atom stereocenters. The molecule has 10 heteroatoms. The molecule has 1 aliphatic heterocycles. The molecule has 3 rings (SSSR count). The molecule has 0 aliphatic carbocycles. The van der Waals surface area contributed by atoms with Gasteiger partial charge in [-0.1, -0.05) is 12.1 Å². The Bertz CT molecular complexity index is 716. The normalized spacial score (nSPS) is 15.0. The molecule has 0 saturated carbocycles. The van der Waals surface area contributed by atoms with Crippen LogP contribution in [0.1, 0.15) is 6.42 Å². The zero-order chi connectivity index (χ0) is 14.0. The van der Waals surface area contributed by atoms with E-state index in [-0.39, 0.29) is 28.8 Å². The third-order valence-electron chi connectivity index (χ3n) is 3.56. The third kappa shape index (κ3) is 4.84. The summed E-state index contributed by atoms with van der Waals surface area (Å²) in [5.41, 5.74) is 0. The number of aromatic nitrogens is 1. The van der Waals surface area contributed by atoms with Crippen LogP contribution in [0.15, 0.2) is 41.6 Å². The fraction of sp³-hybridized carbons (Fsp3) is 0.357. The van der Waals surface area contributed by atoms with Crippen LogP contribution < -0.4 is 5.32 Å². The highest BCUT2D eigenvalue weighted by atomic mass is 35.5. The quantitative estimate of drug-likeness (QED) is 0.719. The number of benzene rings is 1. The van der Waals surface area contributed by atoms with Gasteiger partial charge in [-0.05, 0) is 25.1 Å². The molecule has 1 aliphatic rings. The van der Waals surface area contributed by atoms with Crippen molar-refractivity contribution in [1.82, 2.24) is 14.6 Å². The predicted octanol–water partition coefficient (Wildman–Crippen LogP) is -0.833. The van der Waals surface area contributed by atoms with Gasteiger partial charge in [0.25, 0.3) is 0 Å². The smallest absolute Gasteiger partial charge is 0.243 e. The minimum Gasteiger partial charge on any atom is -0.412 e. The predicted molar refractivity (Wildman–Crippen MR) is 96.1 cm³/mol. The maximum absolute atomic E-state index is 12.8. The largest absolute Gasteiger partial charge is 0.412 e. The summed E-state index contributed by atoms with van der Waals surface area (Å²) in [4.78, 5) is 4.42. The first-order valence-corrected chi connectivity index (χ1v) is 8.17. The summed E-state index contributed by atoms with van der Waals surface area (Å²) in [6.45, 7) is 2.65. The number of pyridine rings is 1. The Hall–Kier alpha value is -1.33. The van der Waals surface area contributed by atoms with Gasteiger partial charge >= 0.3 is 0 Å². The Balaban J connectivity index is 0. The molecule has 0 unspecified atom stereocenters. The standard InChI is InChI=1S/C14H17N3O2S.ClH.3H2O/c18-20(19,17-9-2-6-15-8-10-17)14-4-1-3-12-11-16-7-5-13(12)14;;;;/h1,3-5,7,11,15H,2,6,8-10H2;1H;3*1H2. The van der Waals surface area contributed by atoms with Crippen LogP contribution >= 0.6 is 12.4 Å². The Kier molecular flexibility index (Phi) is 10.9. The number of rotatable bonds is 2. The maximum atomic E-state index is 12.8. The molecule has 138 valence electrons. The summed E-state index contributed by atoms with van der Waals surface area (Å²) < 4.78 is 27.2. The molecule has 8 nitrogen and oxygen atoms in total. The SMILES string of the molecule is Cl.O.O.O.O=S(=O)(c1cccc2cnccc12)N1CCCNCC1. The van der Waals surface area contributed by atoms with Gasteiger partial charge in [0.2, 0.25) is 10.0 Å². The number of hydrogen-bond donors (Lipinski definition) is 1. The number of hydrogen-bond acceptors (Lipinski definition) is 4. The van der Waals surface area contributed by atoms with Crippen molar-refractivity contribution in [2.75, 3.05) is 26.2 Å². The first-order valence-electron chi connectivity index (χ1n) is 6.73. The highest BCUT2D eigenvalue weighted by molar-refractivity contribution is 7.89. The summed E-state index contributed by atoms with van der Waals surface area (Å²) in [6, 6.07) is 7.09. The Morgan fingerprint density at radius 1 is 1.04 bits per heavy atom. The Morgan fingerprint density at radius 2 is 1.79 bits per heavy atom. The van der Waals surface area contributed by atoms with Gasteiger partial charge < -0.3 is 21.7 Å². The molecule has 1 aromatic carbocycles. The molecule has 0 spiro atoms. The second-order valence-electron chi connectivity index (χ2n) is 4.86. The summed E-state index contributed by atoms with van der Waals surface area (Å²) >= 11 is 0. The van der Waals surface area contributed by atoms with E-state index in [0.29, 0.717) is 24.5 Å². The van der Waals surface area contributed by atoms with Crippen LogP contribution in [0.5, 0.6) is 0 Å². The maximum Gasteiger partial charge on any atom is 0.243 e. The minimum absolute atomic E-state index is 0. The van der Waals surface area contributed by atoms with Crippen molar-refractivity contribution >= 4 is 33.2 Å². The molecule has 0 bridgehead atoms. The van der Waals surface area contributed by atoms with Crippen molar-refractivity contribution < 1.29 is 24.8 Å². The van der Waals surface area contributed by atoms with Gasteiger partial charge in [0, 0.05) is 42.8 Å². The Labute approximate surface area is 147 Å². The van der Waals surface area contributed by atoms with Gasteiger partial charge in [-0.3, -0.25) is 4.98 Å². The molecule has 24 heavy (non-hydrogen) atoms. The lowest BCUT2D eigenvalue weighted by Crippen LogP contribution is -2.34.